The number of pyridine rings is 1. The number of carbonyl (C=O) groups excluding carboxylic acids is 1. The van der Waals surface area contributed by atoms with Gasteiger partial charge >= 0.3 is 0 Å². The van der Waals surface area contributed by atoms with Crippen molar-refractivity contribution in [2.24, 2.45) is 0 Å². The summed E-state index contributed by atoms with van der Waals surface area (Å²) in [4.78, 5) is 25.0. The van der Waals surface area contributed by atoms with Crippen LogP contribution in [0.4, 0.5) is 0 Å². The third-order valence-electron chi connectivity index (χ3n) is 3.10. The van der Waals surface area contributed by atoms with Gasteiger partial charge in [0.1, 0.15) is 5.69 Å². The van der Waals surface area contributed by atoms with Crippen LogP contribution in [0.3, 0.4) is 0 Å². The molecule has 3 rings (SSSR count). The van der Waals surface area contributed by atoms with Gasteiger partial charge in [0.2, 0.25) is 5.78 Å². The van der Waals surface area contributed by atoms with Crippen molar-refractivity contribution in [3.05, 3.63) is 65.4 Å². The predicted octanol–water partition coefficient (Wildman–Crippen LogP) is 2.87. The van der Waals surface area contributed by atoms with Crippen LogP contribution in [0.2, 0.25) is 0 Å². The lowest BCUT2D eigenvalue weighted by molar-refractivity contribution is 0.103. The van der Waals surface area contributed by atoms with E-state index in [4.69, 9.17) is 0 Å². The van der Waals surface area contributed by atoms with Crippen LogP contribution >= 0.6 is 0 Å². The van der Waals surface area contributed by atoms with Gasteiger partial charge < -0.3 is 0 Å². The molecular formula is C16H13N3O. The number of aryl methyl sites for hydroxylation is 2. The van der Waals surface area contributed by atoms with Gasteiger partial charge in [-0.2, -0.15) is 0 Å². The molecule has 1 aromatic carbocycles. The second-order valence-electron chi connectivity index (χ2n) is 4.73. The monoisotopic (exact) mass is 263 g/mol. The van der Waals surface area contributed by atoms with Gasteiger partial charge in [0.15, 0.2) is 0 Å². The van der Waals surface area contributed by atoms with Crippen LogP contribution in [0.25, 0.3) is 10.9 Å². The van der Waals surface area contributed by atoms with Crippen LogP contribution in [0.5, 0.6) is 0 Å². The topological polar surface area (TPSA) is 55.7 Å². The van der Waals surface area contributed by atoms with Crippen molar-refractivity contribution in [3.63, 3.8) is 0 Å². The Hall–Kier alpha value is -2.62. The average Bonchev–Trinajstić information content (AvgIpc) is 2.47. The number of aromatic nitrogens is 3. The summed E-state index contributed by atoms with van der Waals surface area (Å²) in [5, 5.41) is 0.946. The van der Waals surface area contributed by atoms with E-state index in [2.05, 4.69) is 15.0 Å². The highest BCUT2D eigenvalue weighted by Crippen LogP contribution is 2.16. The van der Waals surface area contributed by atoms with Crippen LogP contribution < -0.4 is 0 Å². The second-order valence-corrected chi connectivity index (χ2v) is 4.73. The Balaban J connectivity index is 2.03. The number of benzene rings is 1. The van der Waals surface area contributed by atoms with Crippen LogP contribution in [0.1, 0.15) is 27.4 Å². The van der Waals surface area contributed by atoms with Crippen LogP contribution in [-0.4, -0.2) is 20.7 Å². The molecule has 4 heteroatoms. The number of hydrogen-bond donors (Lipinski definition) is 0. The van der Waals surface area contributed by atoms with Crippen molar-refractivity contribution in [3.8, 4) is 0 Å². The van der Waals surface area contributed by atoms with Gasteiger partial charge in [0.25, 0.3) is 0 Å². The molecular weight excluding hydrogens is 250 g/mol. The number of rotatable bonds is 2. The SMILES string of the molecule is Cc1cnc(C(=O)c2ccc3nc(C)ccc3c2)cn1. The Bertz CT molecular complexity index is 794. The molecule has 2 heterocycles. The molecule has 98 valence electrons. The summed E-state index contributed by atoms with van der Waals surface area (Å²) in [5.74, 6) is -0.125. The molecule has 0 aliphatic heterocycles. The first-order chi connectivity index (χ1) is 9.63. The Morgan fingerprint density at radius 3 is 2.55 bits per heavy atom. The summed E-state index contributed by atoms with van der Waals surface area (Å²) in [6.45, 7) is 3.78. The molecule has 0 bridgehead atoms. The van der Waals surface area contributed by atoms with E-state index in [1.54, 1.807) is 12.3 Å². The molecule has 0 saturated heterocycles. The Morgan fingerprint density at radius 2 is 1.80 bits per heavy atom. The normalized spacial score (nSPS) is 10.7. The molecule has 2 aromatic heterocycles. The first kappa shape index (κ1) is 12.4. The van der Waals surface area contributed by atoms with E-state index in [0.717, 1.165) is 22.3 Å². The van der Waals surface area contributed by atoms with E-state index in [1.165, 1.54) is 6.20 Å². The zero-order valence-electron chi connectivity index (χ0n) is 11.3. The van der Waals surface area contributed by atoms with Crippen molar-refractivity contribution in [1.82, 2.24) is 15.0 Å². The summed E-state index contributed by atoms with van der Waals surface area (Å²) in [6.07, 6.45) is 3.11. The molecule has 0 unspecified atom stereocenters. The van der Waals surface area contributed by atoms with Gasteiger partial charge in [-0.05, 0) is 38.1 Å². The molecule has 3 aromatic rings. The van der Waals surface area contributed by atoms with Gasteiger partial charge in [0, 0.05) is 22.8 Å². The molecule has 0 aliphatic carbocycles. The van der Waals surface area contributed by atoms with Gasteiger partial charge in [0.05, 0.1) is 17.4 Å². The molecule has 0 spiro atoms. The van der Waals surface area contributed by atoms with Gasteiger partial charge in [-0.3, -0.25) is 14.8 Å². The highest BCUT2D eigenvalue weighted by Gasteiger charge is 2.11. The first-order valence-corrected chi connectivity index (χ1v) is 6.34. The van der Waals surface area contributed by atoms with Gasteiger partial charge in [-0.1, -0.05) is 6.07 Å². The fraction of sp³-hybridized carbons (Fsp3) is 0.125. The molecule has 0 aliphatic rings. The number of ketones is 1. The quantitative estimate of drug-likeness (QED) is 0.667. The first-order valence-electron chi connectivity index (χ1n) is 6.34. The van der Waals surface area contributed by atoms with Gasteiger partial charge in [-0.25, -0.2) is 4.98 Å². The fourth-order valence-corrected chi connectivity index (χ4v) is 2.03. The Morgan fingerprint density at radius 1 is 0.950 bits per heavy atom. The van der Waals surface area contributed by atoms with Crippen LogP contribution in [0.15, 0.2) is 42.7 Å². The van der Waals surface area contributed by atoms with Crippen molar-refractivity contribution < 1.29 is 4.79 Å². The van der Waals surface area contributed by atoms with E-state index >= 15 is 0 Å². The van der Waals surface area contributed by atoms with E-state index < -0.39 is 0 Å². The minimum absolute atomic E-state index is 0.125. The van der Waals surface area contributed by atoms with Crippen molar-refractivity contribution in [2.75, 3.05) is 0 Å². The lowest BCUT2D eigenvalue weighted by Crippen LogP contribution is -2.05. The molecule has 0 N–H and O–H groups in total. The second kappa shape index (κ2) is 4.81. The van der Waals surface area contributed by atoms with E-state index in [1.807, 2.05) is 38.1 Å². The number of fused-ring (bicyclic) bond motifs is 1. The predicted molar refractivity (Wildman–Crippen MR) is 76.7 cm³/mol. The van der Waals surface area contributed by atoms with Crippen molar-refractivity contribution in [2.45, 2.75) is 13.8 Å². The third kappa shape index (κ3) is 2.28. The smallest absolute Gasteiger partial charge is 0.212 e. The van der Waals surface area contributed by atoms with E-state index in [-0.39, 0.29) is 5.78 Å². The maximum Gasteiger partial charge on any atom is 0.212 e. The zero-order chi connectivity index (χ0) is 14.1. The van der Waals surface area contributed by atoms with Gasteiger partial charge in [-0.15, -0.1) is 0 Å². The van der Waals surface area contributed by atoms with E-state index in [9.17, 15) is 4.79 Å². The largest absolute Gasteiger partial charge is 0.287 e. The molecule has 4 nitrogen and oxygen atoms in total. The highest BCUT2D eigenvalue weighted by molar-refractivity contribution is 6.09. The third-order valence-corrected chi connectivity index (χ3v) is 3.10. The lowest BCUT2D eigenvalue weighted by atomic mass is 10.1. The maximum absolute atomic E-state index is 12.3. The summed E-state index contributed by atoms with van der Waals surface area (Å²) in [7, 11) is 0. The molecule has 20 heavy (non-hydrogen) atoms. The van der Waals surface area contributed by atoms with Crippen LogP contribution in [0, 0.1) is 13.8 Å². The molecule has 0 fully saturated rings. The Kier molecular flexibility index (Phi) is 2.99. The standard InChI is InChI=1S/C16H13N3O/c1-10-3-4-12-7-13(5-6-14(12)19-10)16(20)15-9-17-11(2)8-18-15/h3-9H,1-2H3. The molecule has 0 saturated carbocycles. The lowest BCUT2D eigenvalue weighted by Gasteiger charge is -2.03. The average molecular weight is 263 g/mol. The molecule has 0 radical (unpaired) electrons. The number of hydrogen-bond acceptors (Lipinski definition) is 4. The van der Waals surface area contributed by atoms with E-state index in [0.29, 0.717) is 11.3 Å². The summed E-state index contributed by atoms with van der Waals surface area (Å²) in [5.41, 5.74) is 3.59. The van der Waals surface area contributed by atoms with Crippen molar-refractivity contribution >= 4 is 16.7 Å². The summed E-state index contributed by atoms with van der Waals surface area (Å²) in [6, 6.07) is 9.37. The molecule has 0 amide bonds. The van der Waals surface area contributed by atoms with Crippen molar-refractivity contribution in [1.29, 1.82) is 0 Å². The highest BCUT2D eigenvalue weighted by atomic mass is 16.1. The number of carbonyl (C=O) groups is 1. The minimum Gasteiger partial charge on any atom is -0.287 e. The molecule has 0 atom stereocenters. The zero-order valence-corrected chi connectivity index (χ0v) is 11.3. The fourth-order valence-electron chi connectivity index (χ4n) is 2.03. The maximum atomic E-state index is 12.3. The summed E-state index contributed by atoms with van der Waals surface area (Å²) < 4.78 is 0. The minimum atomic E-state index is -0.125. The summed E-state index contributed by atoms with van der Waals surface area (Å²) >= 11 is 0. The Labute approximate surface area is 116 Å². The number of nitrogens with zero attached hydrogens (tertiary/aromatic N) is 3. The van der Waals surface area contributed by atoms with Crippen LogP contribution in [-0.2, 0) is 0 Å².